The molecule has 0 heterocycles. The number of benzene rings is 2. The van der Waals surface area contributed by atoms with Crippen LogP contribution in [0.5, 0.6) is 5.75 Å². The van der Waals surface area contributed by atoms with E-state index in [9.17, 15) is 20.0 Å². The quantitative estimate of drug-likeness (QED) is 0.602. The Kier molecular flexibility index (Phi) is 6.73. The first kappa shape index (κ1) is 19.7. The van der Waals surface area contributed by atoms with Crippen molar-refractivity contribution in [3.8, 4) is 11.8 Å². The third kappa shape index (κ3) is 5.72. The summed E-state index contributed by atoms with van der Waals surface area (Å²) >= 11 is 0. The molecular weight excluding hydrogens is 344 g/mol. The molecule has 0 radical (unpaired) electrons. The number of ether oxygens (including phenoxy) is 1. The van der Waals surface area contributed by atoms with Crippen molar-refractivity contribution < 1.29 is 19.4 Å². The van der Waals surface area contributed by atoms with Crippen molar-refractivity contribution in [3.05, 3.63) is 65.2 Å². The molecule has 0 saturated heterocycles. The van der Waals surface area contributed by atoms with Gasteiger partial charge in [0.2, 0.25) is 0 Å². The largest absolute Gasteiger partial charge is 0.545 e. The van der Waals surface area contributed by atoms with E-state index in [4.69, 9.17) is 4.74 Å². The average Bonchev–Trinajstić information content (AvgIpc) is 2.65. The lowest BCUT2D eigenvalue weighted by molar-refractivity contribution is -0.254. The minimum absolute atomic E-state index is 0.0704. The van der Waals surface area contributed by atoms with E-state index in [1.807, 2.05) is 19.9 Å². The monoisotopic (exact) mass is 363 g/mol. The number of carboxylic acid groups (broad SMARTS) is 1. The lowest BCUT2D eigenvalue weighted by Gasteiger charge is -2.11. The van der Waals surface area contributed by atoms with Gasteiger partial charge in [0.05, 0.1) is 18.3 Å². The van der Waals surface area contributed by atoms with Gasteiger partial charge in [-0.15, -0.1) is 0 Å². The highest BCUT2D eigenvalue weighted by molar-refractivity contribution is 6.11. The highest BCUT2D eigenvalue weighted by Gasteiger charge is 2.12. The Morgan fingerprint density at radius 2 is 1.85 bits per heavy atom. The van der Waals surface area contributed by atoms with Crippen LogP contribution in [0.25, 0.3) is 6.08 Å². The van der Waals surface area contributed by atoms with Crippen LogP contribution in [-0.4, -0.2) is 18.5 Å². The maximum atomic E-state index is 12.3. The van der Waals surface area contributed by atoms with E-state index >= 15 is 0 Å². The van der Waals surface area contributed by atoms with Crippen LogP contribution in [0.15, 0.2) is 54.1 Å². The molecule has 2 aromatic rings. The van der Waals surface area contributed by atoms with E-state index < -0.39 is 11.9 Å². The Bertz CT molecular complexity index is 893. The normalized spacial score (nSPS) is 11.0. The minimum atomic E-state index is -1.41. The molecule has 0 aliphatic heterocycles. The maximum absolute atomic E-state index is 12.3. The SMILES string of the molecule is CC(C)COc1ccc(/C=C(\C#N)C(=O)Nc2ccccc2C(=O)[O-])cc1. The zero-order valence-electron chi connectivity index (χ0n) is 15.1. The molecule has 0 atom stereocenters. The third-order valence-electron chi connectivity index (χ3n) is 3.53. The maximum Gasteiger partial charge on any atom is 0.266 e. The molecule has 0 bridgehead atoms. The van der Waals surface area contributed by atoms with E-state index in [-0.39, 0.29) is 16.8 Å². The molecule has 0 aliphatic rings. The number of amides is 1. The summed E-state index contributed by atoms with van der Waals surface area (Å²) in [5, 5.41) is 22.8. The standard InChI is InChI=1S/C21H20N2O4/c1-14(2)13-27-17-9-7-15(8-10-17)11-16(12-22)20(24)23-19-6-4-3-5-18(19)21(25)26/h3-11,14H,13H2,1-2H3,(H,23,24)(H,25,26)/p-1/b16-11+. The van der Waals surface area contributed by atoms with Gasteiger partial charge in [-0.2, -0.15) is 5.26 Å². The van der Waals surface area contributed by atoms with Crippen molar-refractivity contribution in [2.45, 2.75) is 13.8 Å². The number of anilines is 1. The van der Waals surface area contributed by atoms with Gasteiger partial charge in [-0.1, -0.05) is 44.2 Å². The fourth-order valence-electron chi connectivity index (χ4n) is 2.20. The van der Waals surface area contributed by atoms with Gasteiger partial charge in [0.25, 0.3) is 5.91 Å². The van der Waals surface area contributed by atoms with Gasteiger partial charge < -0.3 is 20.0 Å². The van der Waals surface area contributed by atoms with Crippen molar-refractivity contribution >= 4 is 23.6 Å². The molecule has 138 valence electrons. The summed E-state index contributed by atoms with van der Waals surface area (Å²) < 4.78 is 5.59. The summed E-state index contributed by atoms with van der Waals surface area (Å²) in [5.41, 5.74) is 0.404. The fraction of sp³-hybridized carbons (Fsp3) is 0.190. The smallest absolute Gasteiger partial charge is 0.266 e. The van der Waals surface area contributed by atoms with E-state index in [2.05, 4.69) is 5.32 Å². The molecule has 0 spiro atoms. The van der Waals surface area contributed by atoms with Gasteiger partial charge in [0, 0.05) is 5.56 Å². The van der Waals surface area contributed by atoms with Gasteiger partial charge in [-0.3, -0.25) is 4.79 Å². The first-order valence-corrected chi connectivity index (χ1v) is 8.37. The van der Waals surface area contributed by atoms with Crippen molar-refractivity contribution in [1.29, 1.82) is 5.26 Å². The Morgan fingerprint density at radius 1 is 1.19 bits per heavy atom. The van der Waals surface area contributed by atoms with Gasteiger partial charge >= 0.3 is 0 Å². The molecule has 27 heavy (non-hydrogen) atoms. The van der Waals surface area contributed by atoms with Gasteiger partial charge in [-0.05, 0) is 35.8 Å². The number of nitriles is 1. The van der Waals surface area contributed by atoms with E-state index in [0.717, 1.165) is 0 Å². The number of para-hydroxylation sites is 1. The van der Waals surface area contributed by atoms with Crippen LogP contribution in [0.3, 0.4) is 0 Å². The zero-order valence-corrected chi connectivity index (χ0v) is 15.1. The van der Waals surface area contributed by atoms with Crippen LogP contribution in [0.1, 0.15) is 29.8 Å². The number of rotatable bonds is 7. The number of aromatic carboxylic acids is 1. The number of carboxylic acids is 1. The second-order valence-electron chi connectivity index (χ2n) is 6.23. The van der Waals surface area contributed by atoms with E-state index in [0.29, 0.717) is 23.8 Å². The van der Waals surface area contributed by atoms with Crippen molar-refractivity contribution in [2.24, 2.45) is 5.92 Å². The van der Waals surface area contributed by atoms with Gasteiger partial charge in [-0.25, -0.2) is 0 Å². The molecule has 0 aromatic heterocycles. The van der Waals surface area contributed by atoms with Gasteiger partial charge in [0.15, 0.2) is 0 Å². The van der Waals surface area contributed by atoms with E-state index in [1.165, 1.54) is 24.3 Å². The predicted octanol–water partition coefficient (Wildman–Crippen LogP) is 2.63. The Balaban J connectivity index is 2.15. The number of carbonyl (C=O) groups excluding carboxylic acids is 2. The number of hydrogen-bond donors (Lipinski definition) is 1. The molecule has 1 amide bonds. The summed E-state index contributed by atoms with van der Waals surface area (Å²) in [6, 6.07) is 14.6. The average molecular weight is 363 g/mol. The van der Waals surface area contributed by atoms with Crippen LogP contribution in [0, 0.1) is 17.2 Å². The van der Waals surface area contributed by atoms with Gasteiger partial charge in [0.1, 0.15) is 17.4 Å². The third-order valence-corrected chi connectivity index (χ3v) is 3.53. The second-order valence-corrected chi connectivity index (χ2v) is 6.23. The second kappa shape index (κ2) is 9.20. The predicted molar refractivity (Wildman–Crippen MR) is 99.8 cm³/mol. The summed E-state index contributed by atoms with van der Waals surface area (Å²) in [6.45, 7) is 4.69. The number of carbonyl (C=O) groups is 2. The molecule has 6 nitrogen and oxygen atoms in total. The van der Waals surface area contributed by atoms with Crippen LogP contribution in [0.4, 0.5) is 5.69 Å². The van der Waals surface area contributed by atoms with Crippen LogP contribution < -0.4 is 15.2 Å². The number of nitrogens with zero attached hydrogens (tertiary/aromatic N) is 1. The first-order chi connectivity index (χ1) is 12.9. The lowest BCUT2D eigenvalue weighted by Crippen LogP contribution is -2.25. The topological polar surface area (TPSA) is 102 Å². The van der Waals surface area contributed by atoms with Crippen LogP contribution in [-0.2, 0) is 4.79 Å². The number of hydrogen-bond acceptors (Lipinski definition) is 5. The van der Waals surface area contributed by atoms with Crippen molar-refractivity contribution in [2.75, 3.05) is 11.9 Å². The highest BCUT2D eigenvalue weighted by atomic mass is 16.5. The number of nitrogens with one attached hydrogen (secondary N) is 1. The summed E-state index contributed by atoms with van der Waals surface area (Å²) in [4.78, 5) is 23.4. The summed E-state index contributed by atoms with van der Waals surface area (Å²) in [7, 11) is 0. The van der Waals surface area contributed by atoms with Crippen molar-refractivity contribution in [1.82, 2.24) is 0 Å². The minimum Gasteiger partial charge on any atom is -0.545 e. The Hall–Kier alpha value is -3.59. The molecule has 1 N–H and O–H groups in total. The molecule has 0 unspecified atom stereocenters. The van der Waals surface area contributed by atoms with Crippen molar-refractivity contribution in [3.63, 3.8) is 0 Å². The molecule has 6 heteroatoms. The van der Waals surface area contributed by atoms with Crippen LogP contribution in [0.2, 0.25) is 0 Å². The first-order valence-electron chi connectivity index (χ1n) is 8.37. The van der Waals surface area contributed by atoms with Crippen LogP contribution >= 0.6 is 0 Å². The molecule has 2 rings (SSSR count). The zero-order chi connectivity index (χ0) is 19.8. The molecule has 0 fully saturated rings. The Morgan fingerprint density at radius 3 is 2.44 bits per heavy atom. The summed E-state index contributed by atoms with van der Waals surface area (Å²) in [6.07, 6.45) is 1.42. The lowest BCUT2D eigenvalue weighted by atomic mass is 10.1. The molecule has 0 saturated carbocycles. The summed E-state index contributed by atoms with van der Waals surface area (Å²) in [5.74, 6) is -1.01. The molecule has 0 aliphatic carbocycles. The highest BCUT2D eigenvalue weighted by Crippen LogP contribution is 2.18. The fourth-order valence-corrected chi connectivity index (χ4v) is 2.20. The Labute approximate surface area is 157 Å². The molecule has 2 aromatic carbocycles. The molecular formula is C21H19N2O4-. The van der Waals surface area contributed by atoms with E-state index in [1.54, 1.807) is 30.3 Å².